The van der Waals surface area contributed by atoms with Crippen molar-refractivity contribution >= 4 is 37.0 Å². The number of hydrogen-bond donors (Lipinski definition) is 2. The molecule has 86 valence electrons. The molecular weight excluding hydrogens is 242 g/mol. The predicted molar refractivity (Wildman–Crippen MR) is 58.1 cm³/mol. The van der Waals surface area contributed by atoms with Crippen LogP contribution < -0.4 is 5.32 Å². The quantitative estimate of drug-likeness (QED) is 0.791. The summed E-state index contributed by atoms with van der Waals surface area (Å²) in [7, 11) is 3.87. The number of rotatable bonds is 4. The number of carboxylic acid groups (broad SMARTS) is 1. The van der Waals surface area contributed by atoms with E-state index in [1.54, 1.807) is 6.92 Å². The summed E-state index contributed by atoms with van der Waals surface area (Å²) >= 11 is 0. The molecule has 2 amide bonds. The molecule has 7 heteroatoms. The van der Waals surface area contributed by atoms with Crippen LogP contribution in [0.3, 0.4) is 0 Å². The van der Waals surface area contributed by atoms with Crippen LogP contribution in [0.2, 0.25) is 0 Å². The summed E-state index contributed by atoms with van der Waals surface area (Å²) in [6.07, 6.45) is 0.314. The molecule has 1 saturated heterocycles. The first-order valence-electron chi connectivity index (χ1n) is 4.40. The SMILES string of the molecule is CC(CCS1(Cl)CC(=O)NC1=O)C(=O)O. The third-order valence-electron chi connectivity index (χ3n) is 2.23. The van der Waals surface area contributed by atoms with E-state index in [0.29, 0.717) is 6.42 Å². The number of carboxylic acids is 1. The molecule has 0 spiro atoms. The van der Waals surface area contributed by atoms with E-state index in [4.69, 9.17) is 15.8 Å². The lowest BCUT2D eigenvalue weighted by Crippen LogP contribution is -2.20. The number of carbonyl (C=O) groups is 3. The Morgan fingerprint density at radius 2 is 2.27 bits per heavy atom. The first kappa shape index (κ1) is 12.3. The molecule has 0 radical (unpaired) electrons. The number of imide groups is 1. The van der Waals surface area contributed by atoms with Gasteiger partial charge in [-0.2, -0.15) is 0 Å². The monoisotopic (exact) mass is 253 g/mol. The average molecular weight is 254 g/mol. The second kappa shape index (κ2) is 4.40. The van der Waals surface area contributed by atoms with Gasteiger partial charge >= 0.3 is 5.97 Å². The first-order chi connectivity index (χ1) is 6.85. The highest BCUT2D eigenvalue weighted by Gasteiger charge is 2.40. The molecule has 1 heterocycles. The zero-order valence-electron chi connectivity index (χ0n) is 8.16. The molecule has 0 saturated carbocycles. The van der Waals surface area contributed by atoms with Gasteiger partial charge in [0.15, 0.2) is 0 Å². The van der Waals surface area contributed by atoms with Gasteiger partial charge in [0.1, 0.15) is 0 Å². The maximum absolute atomic E-state index is 11.3. The average Bonchev–Trinajstić information content (AvgIpc) is 2.37. The van der Waals surface area contributed by atoms with Gasteiger partial charge in [0.2, 0.25) is 5.91 Å². The summed E-state index contributed by atoms with van der Waals surface area (Å²) in [6.45, 7) is 1.55. The lowest BCUT2D eigenvalue weighted by atomic mass is 10.1. The van der Waals surface area contributed by atoms with Crippen molar-refractivity contribution in [3.05, 3.63) is 0 Å². The smallest absolute Gasteiger partial charge is 0.306 e. The second-order valence-corrected chi connectivity index (χ2v) is 7.92. The van der Waals surface area contributed by atoms with Crippen LogP contribution in [0.1, 0.15) is 13.3 Å². The summed E-state index contributed by atoms with van der Waals surface area (Å²) in [5.74, 6) is -1.54. The Morgan fingerprint density at radius 1 is 1.67 bits per heavy atom. The number of hydrogen-bond acceptors (Lipinski definition) is 3. The Bertz CT molecular complexity index is 322. The number of halogens is 1. The molecule has 0 aromatic rings. The van der Waals surface area contributed by atoms with Crippen molar-refractivity contribution < 1.29 is 19.5 Å². The van der Waals surface area contributed by atoms with Crippen LogP contribution in [-0.2, 0) is 9.59 Å². The predicted octanol–water partition coefficient (Wildman–Crippen LogP) is 1.31. The van der Waals surface area contributed by atoms with E-state index in [1.165, 1.54) is 0 Å². The largest absolute Gasteiger partial charge is 0.481 e. The van der Waals surface area contributed by atoms with Crippen molar-refractivity contribution in [3.63, 3.8) is 0 Å². The lowest BCUT2D eigenvalue weighted by molar-refractivity contribution is -0.141. The van der Waals surface area contributed by atoms with Crippen molar-refractivity contribution in [1.82, 2.24) is 5.32 Å². The minimum absolute atomic E-state index is 0.0136. The van der Waals surface area contributed by atoms with Gasteiger partial charge in [0.05, 0.1) is 11.7 Å². The van der Waals surface area contributed by atoms with E-state index in [0.717, 1.165) is 0 Å². The Kier molecular flexibility index (Phi) is 3.62. The van der Waals surface area contributed by atoms with Gasteiger partial charge in [-0.05, 0) is 12.2 Å². The molecule has 5 nitrogen and oxygen atoms in total. The fraction of sp³-hybridized carbons (Fsp3) is 0.625. The molecule has 0 aliphatic carbocycles. The van der Waals surface area contributed by atoms with Gasteiger partial charge in [-0.25, -0.2) is 0 Å². The van der Waals surface area contributed by atoms with Gasteiger partial charge in [-0.1, -0.05) is 26.8 Å². The van der Waals surface area contributed by atoms with Crippen molar-refractivity contribution in [2.24, 2.45) is 5.92 Å². The third kappa shape index (κ3) is 2.85. The molecule has 1 aliphatic rings. The highest BCUT2D eigenvalue weighted by molar-refractivity contribution is 8.61. The topological polar surface area (TPSA) is 83.5 Å². The van der Waals surface area contributed by atoms with Crippen LogP contribution in [0.15, 0.2) is 0 Å². The van der Waals surface area contributed by atoms with E-state index in [-0.39, 0.29) is 17.4 Å². The van der Waals surface area contributed by atoms with E-state index in [2.05, 4.69) is 5.32 Å². The summed E-state index contributed by atoms with van der Waals surface area (Å²) in [6, 6.07) is 0. The van der Waals surface area contributed by atoms with E-state index in [1.807, 2.05) is 0 Å². The van der Waals surface area contributed by atoms with Crippen molar-refractivity contribution in [3.8, 4) is 0 Å². The molecule has 2 unspecified atom stereocenters. The van der Waals surface area contributed by atoms with Crippen molar-refractivity contribution in [1.29, 1.82) is 0 Å². The molecule has 0 aromatic heterocycles. The van der Waals surface area contributed by atoms with Crippen LogP contribution in [0.5, 0.6) is 0 Å². The maximum atomic E-state index is 11.3. The zero-order chi connectivity index (χ0) is 11.6. The number of nitrogens with one attached hydrogen (secondary N) is 1. The molecule has 2 N–H and O–H groups in total. The minimum Gasteiger partial charge on any atom is -0.481 e. The Morgan fingerprint density at radius 3 is 2.67 bits per heavy atom. The zero-order valence-corrected chi connectivity index (χ0v) is 9.73. The number of amides is 2. The van der Waals surface area contributed by atoms with Crippen molar-refractivity contribution in [2.75, 3.05) is 11.5 Å². The second-order valence-electron chi connectivity index (χ2n) is 3.50. The van der Waals surface area contributed by atoms with Gasteiger partial charge in [-0.15, -0.1) is 0 Å². The minimum atomic E-state index is -2.15. The molecule has 2 atom stereocenters. The Labute approximate surface area is 93.0 Å². The van der Waals surface area contributed by atoms with Gasteiger partial charge < -0.3 is 5.11 Å². The summed E-state index contributed by atoms with van der Waals surface area (Å²) in [5, 5.41) is 10.4. The standard InChI is InChI=1S/C8H12ClNO4S/c1-5(7(12)13)2-3-15(9)4-6(11)10-8(15)14/h5H,2-4H2,1H3,(H,12,13)(H,10,11,14). The van der Waals surface area contributed by atoms with E-state index in [9.17, 15) is 14.4 Å². The van der Waals surface area contributed by atoms with E-state index < -0.39 is 26.4 Å². The summed E-state index contributed by atoms with van der Waals surface area (Å²) < 4.78 is 0. The number of carbonyl (C=O) groups excluding carboxylic acids is 2. The number of aliphatic carboxylic acids is 1. The highest BCUT2D eigenvalue weighted by atomic mass is 35.7. The molecule has 1 aliphatic heterocycles. The van der Waals surface area contributed by atoms with Crippen LogP contribution in [0.4, 0.5) is 4.79 Å². The van der Waals surface area contributed by atoms with Crippen molar-refractivity contribution in [2.45, 2.75) is 13.3 Å². The van der Waals surface area contributed by atoms with Gasteiger partial charge in [0, 0.05) is 0 Å². The van der Waals surface area contributed by atoms with E-state index >= 15 is 0 Å². The third-order valence-corrected chi connectivity index (χ3v) is 5.81. The molecular formula is C8H12ClNO4S. The molecule has 0 bridgehead atoms. The van der Waals surface area contributed by atoms with Gasteiger partial charge in [0.25, 0.3) is 5.24 Å². The molecule has 1 fully saturated rings. The summed E-state index contributed by atoms with van der Waals surface area (Å²) in [4.78, 5) is 32.8. The fourth-order valence-corrected chi connectivity index (χ4v) is 3.82. The maximum Gasteiger partial charge on any atom is 0.306 e. The fourth-order valence-electron chi connectivity index (χ4n) is 1.17. The van der Waals surface area contributed by atoms with Gasteiger partial charge in [-0.3, -0.25) is 19.7 Å². The van der Waals surface area contributed by atoms with Crippen LogP contribution in [-0.4, -0.2) is 33.7 Å². The normalized spacial score (nSPS) is 31.9. The highest BCUT2D eigenvalue weighted by Crippen LogP contribution is 2.56. The lowest BCUT2D eigenvalue weighted by Gasteiger charge is -2.22. The Balaban J connectivity index is 2.54. The Hall–Kier alpha value is -0.750. The summed E-state index contributed by atoms with van der Waals surface area (Å²) in [5.41, 5.74) is 0. The van der Waals surface area contributed by atoms with Crippen LogP contribution in [0, 0.1) is 5.92 Å². The molecule has 15 heavy (non-hydrogen) atoms. The first-order valence-corrected chi connectivity index (χ1v) is 7.20. The molecule has 1 rings (SSSR count). The van der Waals surface area contributed by atoms with Crippen LogP contribution in [0.25, 0.3) is 0 Å². The molecule has 0 aromatic carbocycles. The van der Waals surface area contributed by atoms with Crippen LogP contribution >= 0.6 is 19.9 Å².